The van der Waals surface area contributed by atoms with Crippen molar-refractivity contribution in [3.8, 4) is 28.5 Å². The van der Waals surface area contributed by atoms with Crippen LogP contribution in [-0.4, -0.2) is 67.0 Å². The van der Waals surface area contributed by atoms with Gasteiger partial charge in [0.05, 0.1) is 25.5 Å². The minimum Gasteiger partial charge on any atom is -0.490 e. The lowest BCUT2D eigenvalue weighted by Gasteiger charge is -2.35. The summed E-state index contributed by atoms with van der Waals surface area (Å²) in [5.74, 6) is 2.34. The van der Waals surface area contributed by atoms with Gasteiger partial charge < -0.3 is 24.0 Å². The topological polar surface area (TPSA) is 77.0 Å². The molecule has 1 fully saturated rings. The quantitative estimate of drug-likeness (QED) is 0.456. The van der Waals surface area contributed by atoms with Gasteiger partial charge in [0.25, 0.3) is 5.91 Å². The van der Waals surface area contributed by atoms with Crippen molar-refractivity contribution in [2.75, 3.05) is 50.9 Å². The second-order valence-corrected chi connectivity index (χ2v) is 8.02. The summed E-state index contributed by atoms with van der Waals surface area (Å²) in [5, 5.41) is 8.82. The molecule has 1 aliphatic rings. The fourth-order valence-electron chi connectivity index (χ4n) is 4.09. The van der Waals surface area contributed by atoms with E-state index in [9.17, 15) is 4.79 Å². The number of carbonyl (C=O) groups excluding carboxylic acids is 1. The summed E-state index contributed by atoms with van der Waals surface area (Å²) in [7, 11) is 0. The van der Waals surface area contributed by atoms with Crippen LogP contribution >= 0.6 is 0 Å². The van der Waals surface area contributed by atoms with E-state index in [2.05, 4.69) is 15.1 Å². The molecule has 0 saturated carbocycles. The number of ether oxygens (including phenoxy) is 3. The third-order valence-electron chi connectivity index (χ3n) is 5.77. The zero-order chi connectivity index (χ0) is 24.6. The fraction of sp³-hybridized carbons (Fsp3) is 0.370. The van der Waals surface area contributed by atoms with Gasteiger partial charge in [-0.05, 0) is 45.0 Å². The first-order chi connectivity index (χ1) is 17.1. The molecule has 184 valence electrons. The number of hydrogen-bond acceptors (Lipinski definition) is 7. The number of aromatic nitrogens is 2. The van der Waals surface area contributed by atoms with Crippen molar-refractivity contribution in [1.29, 1.82) is 0 Å². The monoisotopic (exact) mass is 476 g/mol. The third kappa shape index (κ3) is 5.65. The first-order valence-corrected chi connectivity index (χ1v) is 12.1. The first kappa shape index (κ1) is 24.3. The average molecular weight is 477 g/mol. The zero-order valence-corrected chi connectivity index (χ0v) is 20.6. The standard InChI is InChI=1S/C27H32N4O4/c1-4-33-23-18-21(19-24(34-5-2)26(23)35-6-3)27(32)31-16-14-30(15-17-31)25-13-12-22(28-29-25)20-10-8-7-9-11-20/h7-13,18-19H,4-6,14-17H2,1-3H3. The van der Waals surface area contributed by atoms with Gasteiger partial charge in [0.1, 0.15) is 0 Å². The lowest BCUT2D eigenvalue weighted by atomic mass is 10.1. The van der Waals surface area contributed by atoms with E-state index >= 15 is 0 Å². The van der Waals surface area contributed by atoms with Crippen molar-refractivity contribution in [2.24, 2.45) is 0 Å². The average Bonchev–Trinajstić information content (AvgIpc) is 2.91. The Morgan fingerprint density at radius 1 is 0.800 bits per heavy atom. The lowest BCUT2D eigenvalue weighted by Crippen LogP contribution is -2.49. The molecule has 35 heavy (non-hydrogen) atoms. The van der Waals surface area contributed by atoms with E-state index in [1.807, 2.05) is 68.1 Å². The summed E-state index contributed by atoms with van der Waals surface area (Å²) in [6.45, 7) is 9.65. The summed E-state index contributed by atoms with van der Waals surface area (Å²) < 4.78 is 17.3. The third-order valence-corrected chi connectivity index (χ3v) is 5.77. The molecular weight excluding hydrogens is 444 g/mol. The van der Waals surface area contributed by atoms with Crippen LogP contribution in [-0.2, 0) is 0 Å². The number of nitrogens with zero attached hydrogens (tertiary/aromatic N) is 4. The second kappa shape index (κ2) is 11.6. The van der Waals surface area contributed by atoms with Crippen LogP contribution in [0.1, 0.15) is 31.1 Å². The smallest absolute Gasteiger partial charge is 0.254 e. The number of rotatable bonds is 9. The molecule has 3 aromatic rings. The number of carbonyl (C=O) groups is 1. The molecule has 0 aliphatic carbocycles. The predicted octanol–water partition coefficient (Wildman–Crippen LogP) is 4.30. The lowest BCUT2D eigenvalue weighted by molar-refractivity contribution is 0.0745. The van der Waals surface area contributed by atoms with Gasteiger partial charge in [-0.2, -0.15) is 0 Å². The van der Waals surface area contributed by atoms with Gasteiger partial charge in [-0.3, -0.25) is 4.79 Å². The number of hydrogen-bond donors (Lipinski definition) is 0. The molecule has 0 bridgehead atoms. The van der Waals surface area contributed by atoms with Gasteiger partial charge >= 0.3 is 0 Å². The van der Waals surface area contributed by atoms with Crippen LogP contribution in [0.4, 0.5) is 5.82 Å². The van der Waals surface area contributed by atoms with E-state index in [0.717, 1.165) is 17.1 Å². The van der Waals surface area contributed by atoms with Crippen molar-refractivity contribution in [3.63, 3.8) is 0 Å². The summed E-state index contributed by atoms with van der Waals surface area (Å²) in [6, 6.07) is 17.5. The Hall–Kier alpha value is -3.81. The zero-order valence-electron chi connectivity index (χ0n) is 20.6. The highest BCUT2D eigenvalue weighted by Crippen LogP contribution is 2.39. The van der Waals surface area contributed by atoms with Gasteiger partial charge in [-0.1, -0.05) is 30.3 Å². The van der Waals surface area contributed by atoms with E-state index in [-0.39, 0.29) is 5.91 Å². The molecule has 0 unspecified atom stereocenters. The van der Waals surface area contributed by atoms with E-state index < -0.39 is 0 Å². The molecule has 8 nitrogen and oxygen atoms in total. The van der Waals surface area contributed by atoms with Gasteiger partial charge in [-0.25, -0.2) is 0 Å². The highest BCUT2D eigenvalue weighted by Gasteiger charge is 2.26. The van der Waals surface area contributed by atoms with Crippen molar-refractivity contribution in [2.45, 2.75) is 20.8 Å². The van der Waals surface area contributed by atoms with Crippen LogP contribution in [0.25, 0.3) is 11.3 Å². The highest BCUT2D eigenvalue weighted by atomic mass is 16.5. The Kier molecular flexibility index (Phi) is 8.03. The molecule has 0 spiro atoms. The van der Waals surface area contributed by atoms with Crippen LogP contribution < -0.4 is 19.1 Å². The summed E-state index contributed by atoms with van der Waals surface area (Å²) in [4.78, 5) is 17.4. The minimum atomic E-state index is -0.0554. The maximum absolute atomic E-state index is 13.4. The Labute approximate surface area is 206 Å². The van der Waals surface area contributed by atoms with E-state index in [1.54, 1.807) is 12.1 Å². The fourth-order valence-corrected chi connectivity index (χ4v) is 4.09. The molecule has 2 heterocycles. The van der Waals surface area contributed by atoms with Crippen molar-refractivity contribution < 1.29 is 19.0 Å². The molecule has 1 aromatic heterocycles. The molecule has 1 amide bonds. The molecule has 8 heteroatoms. The van der Waals surface area contributed by atoms with Crippen LogP contribution in [0.2, 0.25) is 0 Å². The van der Waals surface area contributed by atoms with Crippen LogP contribution in [0.15, 0.2) is 54.6 Å². The van der Waals surface area contributed by atoms with Crippen molar-refractivity contribution in [1.82, 2.24) is 15.1 Å². The predicted molar refractivity (Wildman–Crippen MR) is 136 cm³/mol. The van der Waals surface area contributed by atoms with Gasteiger partial charge in [0, 0.05) is 37.3 Å². The molecule has 0 atom stereocenters. The van der Waals surface area contributed by atoms with Crippen LogP contribution in [0, 0.1) is 0 Å². The second-order valence-electron chi connectivity index (χ2n) is 8.02. The maximum atomic E-state index is 13.4. The summed E-state index contributed by atoms with van der Waals surface area (Å²) in [6.07, 6.45) is 0. The summed E-state index contributed by atoms with van der Waals surface area (Å²) in [5.41, 5.74) is 2.41. The van der Waals surface area contributed by atoms with Crippen molar-refractivity contribution in [3.05, 3.63) is 60.2 Å². The molecule has 1 aliphatic heterocycles. The van der Waals surface area contributed by atoms with Crippen LogP contribution in [0.5, 0.6) is 17.2 Å². The van der Waals surface area contributed by atoms with E-state index in [4.69, 9.17) is 14.2 Å². The molecule has 0 radical (unpaired) electrons. The number of benzene rings is 2. The number of amides is 1. The molecular formula is C27H32N4O4. The Morgan fingerprint density at radius 3 is 1.97 bits per heavy atom. The molecule has 2 aromatic carbocycles. The SMILES string of the molecule is CCOc1cc(C(=O)N2CCN(c3ccc(-c4ccccc4)nn3)CC2)cc(OCC)c1OCC. The summed E-state index contributed by atoms with van der Waals surface area (Å²) >= 11 is 0. The van der Waals surface area contributed by atoms with Crippen molar-refractivity contribution >= 4 is 11.7 Å². The molecule has 1 saturated heterocycles. The molecule has 0 N–H and O–H groups in total. The largest absolute Gasteiger partial charge is 0.490 e. The van der Waals surface area contributed by atoms with E-state index in [0.29, 0.717) is 68.8 Å². The van der Waals surface area contributed by atoms with Crippen LogP contribution in [0.3, 0.4) is 0 Å². The Balaban J connectivity index is 1.45. The maximum Gasteiger partial charge on any atom is 0.254 e. The van der Waals surface area contributed by atoms with Gasteiger partial charge in [-0.15, -0.1) is 10.2 Å². The van der Waals surface area contributed by atoms with Gasteiger partial charge in [0.15, 0.2) is 17.3 Å². The Morgan fingerprint density at radius 2 is 1.43 bits per heavy atom. The highest BCUT2D eigenvalue weighted by molar-refractivity contribution is 5.95. The normalized spacial score (nSPS) is 13.5. The minimum absolute atomic E-state index is 0.0554. The Bertz CT molecular complexity index is 1090. The van der Waals surface area contributed by atoms with Gasteiger partial charge in [0.2, 0.25) is 5.75 Å². The molecule has 4 rings (SSSR count). The van der Waals surface area contributed by atoms with E-state index in [1.165, 1.54) is 0 Å². The first-order valence-electron chi connectivity index (χ1n) is 12.1. The number of piperazine rings is 1. The number of anilines is 1.